The van der Waals surface area contributed by atoms with E-state index in [0.717, 1.165) is 11.1 Å². The van der Waals surface area contributed by atoms with Crippen LogP contribution in [0.1, 0.15) is 57.7 Å². The highest BCUT2D eigenvalue weighted by atomic mass is 16.5. The standard InChI is InChI=1S/C28H29NO4/c1-27(2,23-11-7-4-8-12-23)18-28(32,16-20-9-5-3-6-10-20)19-29-25(30)21-13-14-24-22(15-21)17-33-26(24)31/h3-15,32H,16-19H2,1-2H3,(H,29,30). The fraction of sp³-hybridized carbons (Fsp3) is 0.286. The molecule has 5 heteroatoms. The Hall–Kier alpha value is -3.44. The molecule has 33 heavy (non-hydrogen) atoms. The first-order chi connectivity index (χ1) is 15.8. The summed E-state index contributed by atoms with van der Waals surface area (Å²) in [7, 11) is 0. The maximum atomic E-state index is 12.9. The first-order valence-electron chi connectivity index (χ1n) is 11.2. The molecule has 0 bridgehead atoms. The fourth-order valence-electron chi connectivity index (χ4n) is 4.60. The van der Waals surface area contributed by atoms with Crippen LogP contribution < -0.4 is 5.32 Å². The minimum Gasteiger partial charge on any atom is -0.457 e. The number of benzene rings is 3. The largest absolute Gasteiger partial charge is 0.457 e. The molecule has 1 atom stereocenters. The Morgan fingerprint density at radius 1 is 1.00 bits per heavy atom. The molecule has 0 saturated carbocycles. The minimum absolute atomic E-state index is 0.101. The summed E-state index contributed by atoms with van der Waals surface area (Å²) in [5.74, 6) is -0.654. The van der Waals surface area contributed by atoms with E-state index in [-0.39, 0.29) is 30.4 Å². The van der Waals surface area contributed by atoms with Gasteiger partial charge >= 0.3 is 5.97 Å². The summed E-state index contributed by atoms with van der Waals surface area (Å²) in [5, 5.41) is 14.7. The van der Waals surface area contributed by atoms with Crippen LogP contribution in [0.4, 0.5) is 0 Å². The highest BCUT2D eigenvalue weighted by Crippen LogP contribution is 2.34. The minimum atomic E-state index is -1.16. The van der Waals surface area contributed by atoms with Gasteiger partial charge in [-0.1, -0.05) is 74.5 Å². The molecule has 0 aromatic heterocycles. The number of carbonyl (C=O) groups is 2. The summed E-state index contributed by atoms with van der Waals surface area (Å²) in [6.45, 7) is 4.50. The van der Waals surface area contributed by atoms with Crippen LogP contribution in [0.25, 0.3) is 0 Å². The molecule has 5 nitrogen and oxygen atoms in total. The Bertz CT molecular complexity index is 1140. The lowest BCUT2D eigenvalue weighted by Gasteiger charge is -2.37. The van der Waals surface area contributed by atoms with Crippen molar-refractivity contribution >= 4 is 11.9 Å². The molecular formula is C28H29NO4. The van der Waals surface area contributed by atoms with Crippen LogP contribution >= 0.6 is 0 Å². The summed E-state index contributed by atoms with van der Waals surface area (Å²) >= 11 is 0. The van der Waals surface area contributed by atoms with Crippen LogP contribution in [0.15, 0.2) is 78.9 Å². The molecule has 2 N–H and O–H groups in total. The van der Waals surface area contributed by atoms with Gasteiger partial charge in [0.2, 0.25) is 0 Å². The number of hydrogen-bond donors (Lipinski definition) is 2. The Morgan fingerprint density at radius 2 is 1.67 bits per heavy atom. The van der Waals surface area contributed by atoms with Gasteiger partial charge in [-0.3, -0.25) is 4.79 Å². The van der Waals surface area contributed by atoms with Gasteiger partial charge < -0.3 is 15.2 Å². The molecule has 1 aliphatic heterocycles. The molecule has 0 fully saturated rings. The molecule has 4 rings (SSSR count). The zero-order chi connectivity index (χ0) is 23.5. The molecule has 0 radical (unpaired) electrons. The van der Waals surface area contributed by atoms with Crippen molar-refractivity contribution < 1.29 is 19.4 Å². The van der Waals surface area contributed by atoms with E-state index in [1.165, 1.54) is 0 Å². The number of ether oxygens (including phenoxy) is 1. The molecule has 1 aliphatic rings. The van der Waals surface area contributed by atoms with E-state index in [4.69, 9.17) is 4.74 Å². The second-order valence-corrected chi connectivity index (χ2v) is 9.44. The zero-order valence-corrected chi connectivity index (χ0v) is 19.0. The van der Waals surface area contributed by atoms with E-state index in [0.29, 0.717) is 29.5 Å². The number of rotatable bonds is 8. The third-order valence-electron chi connectivity index (χ3n) is 6.23. The number of amides is 1. The van der Waals surface area contributed by atoms with E-state index in [9.17, 15) is 14.7 Å². The lowest BCUT2D eigenvalue weighted by molar-refractivity contribution is 0.0136. The number of esters is 1. The highest BCUT2D eigenvalue weighted by Gasteiger charge is 2.36. The number of cyclic esters (lactones) is 1. The zero-order valence-electron chi connectivity index (χ0n) is 19.0. The van der Waals surface area contributed by atoms with Gasteiger partial charge in [0.15, 0.2) is 0 Å². The lowest BCUT2D eigenvalue weighted by Crippen LogP contribution is -2.48. The highest BCUT2D eigenvalue weighted by molar-refractivity contribution is 5.98. The average molecular weight is 444 g/mol. The Kier molecular flexibility index (Phi) is 6.34. The predicted molar refractivity (Wildman–Crippen MR) is 127 cm³/mol. The molecule has 3 aromatic rings. The second-order valence-electron chi connectivity index (χ2n) is 9.44. The number of hydrogen-bond acceptors (Lipinski definition) is 4. The van der Waals surface area contributed by atoms with Crippen molar-refractivity contribution in [1.29, 1.82) is 0 Å². The van der Waals surface area contributed by atoms with Crippen molar-refractivity contribution in [1.82, 2.24) is 5.32 Å². The first kappa shape index (κ1) is 22.7. The fourth-order valence-corrected chi connectivity index (χ4v) is 4.60. The molecular weight excluding hydrogens is 414 g/mol. The summed E-state index contributed by atoms with van der Waals surface area (Å²) in [6.07, 6.45) is 0.878. The normalized spacial score (nSPS) is 14.8. The molecule has 170 valence electrons. The van der Waals surface area contributed by atoms with Crippen LogP contribution in [0.5, 0.6) is 0 Å². The van der Waals surface area contributed by atoms with Gasteiger partial charge in [0.1, 0.15) is 6.61 Å². The van der Waals surface area contributed by atoms with E-state index < -0.39 is 5.60 Å². The Balaban J connectivity index is 1.53. The SMILES string of the molecule is CC(C)(CC(O)(CNC(=O)c1ccc2c(c1)COC2=O)Cc1ccccc1)c1ccccc1. The molecule has 1 heterocycles. The van der Waals surface area contributed by atoms with Gasteiger partial charge in [-0.15, -0.1) is 0 Å². The van der Waals surface area contributed by atoms with E-state index >= 15 is 0 Å². The van der Waals surface area contributed by atoms with Crippen LogP contribution in [0.3, 0.4) is 0 Å². The number of aliphatic hydroxyl groups is 1. The monoisotopic (exact) mass is 443 g/mol. The van der Waals surface area contributed by atoms with Gasteiger partial charge in [0.25, 0.3) is 5.91 Å². The van der Waals surface area contributed by atoms with Gasteiger partial charge in [-0.05, 0) is 41.2 Å². The van der Waals surface area contributed by atoms with Gasteiger partial charge in [-0.25, -0.2) is 4.79 Å². The van der Waals surface area contributed by atoms with Crippen molar-refractivity contribution in [3.05, 3.63) is 107 Å². The van der Waals surface area contributed by atoms with Crippen LogP contribution in [0.2, 0.25) is 0 Å². The molecule has 0 spiro atoms. The van der Waals surface area contributed by atoms with Crippen LogP contribution in [-0.4, -0.2) is 29.1 Å². The average Bonchev–Trinajstić information content (AvgIpc) is 3.18. The smallest absolute Gasteiger partial charge is 0.338 e. The topological polar surface area (TPSA) is 75.6 Å². The van der Waals surface area contributed by atoms with Crippen molar-refractivity contribution in [2.45, 2.75) is 44.3 Å². The quantitative estimate of drug-likeness (QED) is 0.505. The van der Waals surface area contributed by atoms with Crippen molar-refractivity contribution in [2.75, 3.05) is 6.54 Å². The molecule has 0 saturated heterocycles. The third kappa shape index (κ3) is 5.32. The first-order valence-corrected chi connectivity index (χ1v) is 11.2. The summed E-state index contributed by atoms with van der Waals surface area (Å²) in [6, 6.07) is 24.8. The summed E-state index contributed by atoms with van der Waals surface area (Å²) in [5.41, 5.74) is 2.32. The molecule has 3 aromatic carbocycles. The molecule has 0 aliphatic carbocycles. The lowest BCUT2D eigenvalue weighted by atomic mass is 9.73. The van der Waals surface area contributed by atoms with E-state index in [1.54, 1.807) is 18.2 Å². The number of fused-ring (bicyclic) bond motifs is 1. The second kappa shape index (κ2) is 9.20. The summed E-state index contributed by atoms with van der Waals surface area (Å²) < 4.78 is 5.02. The van der Waals surface area contributed by atoms with Gasteiger partial charge in [0, 0.05) is 24.1 Å². The number of nitrogens with one attached hydrogen (secondary N) is 1. The Labute approximate surface area is 194 Å². The Morgan fingerprint density at radius 3 is 2.36 bits per heavy atom. The molecule has 1 amide bonds. The van der Waals surface area contributed by atoms with E-state index in [2.05, 4.69) is 31.3 Å². The maximum absolute atomic E-state index is 12.9. The van der Waals surface area contributed by atoms with Crippen molar-refractivity contribution in [3.63, 3.8) is 0 Å². The molecule has 1 unspecified atom stereocenters. The number of carbonyl (C=O) groups excluding carboxylic acids is 2. The maximum Gasteiger partial charge on any atom is 0.338 e. The third-order valence-corrected chi connectivity index (χ3v) is 6.23. The predicted octanol–water partition coefficient (Wildman–Crippen LogP) is 4.43. The van der Waals surface area contributed by atoms with Gasteiger partial charge in [0.05, 0.1) is 11.2 Å². The summed E-state index contributed by atoms with van der Waals surface area (Å²) in [4.78, 5) is 24.6. The van der Waals surface area contributed by atoms with Crippen LogP contribution in [-0.2, 0) is 23.2 Å². The van der Waals surface area contributed by atoms with Crippen molar-refractivity contribution in [2.24, 2.45) is 0 Å². The van der Waals surface area contributed by atoms with Crippen LogP contribution in [0, 0.1) is 0 Å². The van der Waals surface area contributed by atoms with Gasteiger partial charge in [-0.2, -0.15) is 0 Å². The van der Waals surface area contributed by atoms with E-state index in [1.807, 2.05) is 48.5 Å². The van der Waals surface area contributed by atoms with Crippen molar-refractivity contribution in [3.8, 4) is 0 Å².